The van der Waals surface area contributed by atoms with Gasteiger partial charge in [0.25, 0.3) is 5.91 Å². The van der Waals surface area contributed by atoms with E-state index in [2.05, 4.69) is 20.4 Å². The first-order chi connectivity index (χ1) is 12.8. The number of nitrogens with one attached hydrogen (secondary N) is 1. The molecule has 0 radical (unpaired) electrons. The lowest BCUT2D eigenvalue weighted by atomic mass is 10.1. The second-order valence-corrected chi connectivity index (χ2v) is 6.54. The minimum absolute atomic E-state index is 0.155. The van der Waals surface area contributed by atoms with E-state index in [4.69, 9.17) is 4.42 Å². The zero-order valence-electron chi connectivity index (χ0n) is 13.7. The number of thiophene rings is 1. The molecule has 8 heteroatoms. The van der Waals surface area contributed by atoms with Crippen LogP contribution in [0.1, 0.15) is 21.6 Å². The van der Waals surface area contributed by atoms with Gasteiger partial charge in [0.05, 0.1) is 23.7 Å². The molecule has 0 aliphatic heterocycles. The molecule has 130 valence electrons. The van der Waals surface area contributed by atoms with Gasteiger partial charge in [0.2, 0.25) is 5.89 Å². The van der Waals surface area contributed by atoms with E-state index >= 15 is 0 Å². The first kappa shape index (κ1) is 16.2. The van der Waals surface area contributed by atoms with E-state index in [9.17, 15) is 4.79 Å². The van der Waals surface area contributed by atoms with Crippen LogP contribution >= 0.6 is 11.3 Å². The van der Waals surface area contributed by atoms with Gasteiger partial charge in [0.1, 0.15) is 18.9 Å². The molecule has 0 aliphatic carbocycles. The highest BCUT2D eigenvalue weighted by Crippen LogP contribution is 2.23. The second-order valence-electron chi connectivity index (χ2n) is 5.59. The molecule has 4 rings (SSSR count). The molecule has 3 aromatic heterocycles. The lowest BCUT2D eigenvalue weighted by Gasteiger charge is -2.05. The van der Waals surface area contributed by atoms with Crippen LogP contribution in [0.15, 0.2) is 65.1 Å². The van der Waals surface area contributed by atoms with Crippen molar-refractivity contribution in [1.29, 1.82) is 0 Å². The van der Waals surface area contributed by atoms with Crippen molar-refractivity contribution in [3.8, 4) is 10.8 Å². The first-order valence-corrected chi connectivity index (χ1v) is 8.84. The summed E-state index contributed by atoms with van der Waals surface area (Å²) in [4.78, 5) is 21.5. The number of hydrogen-bond acceptors (Lipinski definition) is 6. The summed E-state index contributed by atoms with van der Waals surface area (Å²) in [6.45, 7) is 0.931. The maximum Gasteiger partial charge on any atom is 0.251 e. The normalized spacial score (nSPS) is 10.8. The second kappa shape index (κ2) is 7.32. The van der Waals surface area contributed by atoms with Gasteiger partial charge in [-0.2, -0.15) is 5.10 Å². The number of oxazole rings is 1. The van der Waals surface area contributed by atoms with E-state index in [1.165, 1.54) is 6.33 Å². The molecule has 0 bridgehead atoms. The molecule has 0 spiro atoms. The standard InChI is InChI=1S/C18H15N5O2S/c24-17(14-5-3-13(4-6-14)9-23-12-19-11-21-23)20-8-15-10-25-18(22-15)16-2-1-7-26-16/h1-7,10-12H,8-9H2,(H,20,24). The van der Waals surface area contributed by atoms with E-state index in [0.29, 0.717) is 30.2 Å². The minimum atomic E-state index is -0.155. The van der Waals surface area contributed by atoms with Crippen LogP contribution in [0.2, 0.25) is 0 Å². The molecule has 0 unspecified atom stereocenters. The van der Waals surface area contributed by atoms with Crippen LogP contribution in [-0.4, -0.2) is 25.7 Å². The molecule has 1 N–H and O–H groups in total. The van der Waals surface area contributed by atoms with Crippen molar-refractivity contribution in [2.75, 3.05) is 0 Å². The van der Waals surface area contributed by atoms with Gasteiger partial charge in [-0.15, -0.1) is 11.3 Å². The summed E-state index contributed by atoms with van der Waals surface area (Å²) >= 11 is 1.56. The molecule has 0 atom stereocenters. The fourth-order valence-electron chi connectivity index (χ4n) is 2.44. The Kier molecular flexibility index (Phi) is 4.57. The molecule has 3 heterocycles. The molecular formula is C18H15N5O2S. The van der Waals surface area contributed by atoms with Gasteiger partial charge in [0.15, 0.2) is 0 Å². The minimum Gasteiger partial charge on any atom is -0.443 e. The van der Waals surface area contributed by atoms with Gasteiger partial charge < -0.3 is 9.73 Å². The zero-order chi connectivity index (χ0) is 17.8. The van der Waals surface area contributed by atoms with E-state index in [1.807, 2.05) is 29.6 Å². The zero-order valence-corrected chi connectivity index (χ0v) is 14.5. The van der Waals surface area contributed by atoms with Gasteiger partial charge in [-0.1, -0.05) is 18.2 Å². The SMILES string of the molecule is O=C(NCc1coc(-c2cccs2)n1)c1ccc(Cn2cncn2)cc1. The smallest absolute Gasteiger partial charge is 0.251 e. The number of aromatic nitrogens is 4. The Morgan fingerprint density at radius 1 is 1.23 bits per heavy atom. The van der Waals surface area contributed by atoms with E-state index < -0.39 is 0 Å². The van der Waals surface area contributed by atoms with Gasteiger partial charge in [-0.25, -0.2) is 14.6 Å². The fraction of sp³-hybridized carbons (Fsp3) is 0.111. The van der Waals surface area contributed by atoms with Gasteiger partial charge in [-0.05, 0) is 29.1 Å². The highest BCUT2D eigenvalue weighted by Gasteiger charge is 2.10. The molecule has 1 amide bonds. The Morgan fingerprint density at radius 2 is 2.12 bits per heavy atom. The number of carbonyl (C=O) groups is 1. The largest absolute Gasteiger partial charge is 0.443 e. The van der Waals surface area contributed by atoms with Crippen LogP contribution in [-0.2, 0) is 13.1 Å². The Bertz CT molecular complexity index is 975. The summed E-state index contributed by atoms with van der Waals surface area (Å²) in [5, 5.41) is 8.88. The van der Waals surface area contributed by atoms with Crippen LogP contribution in [0.3, 0.4) is 0 Å². The third-order valence-corrected chi connectivity index (χ3v) is 4.60. The molecule has 0 saturated heterocycles. The van der Waals surface area contributed by atoms with Crippen LogP contribution in [0.4, 0.5) is 0 Å². The molecule has 0 fully saturated rings. The number of benzene rings is 1. The maximum absolute atomic E-state index is 12.3. The van der Waals surface area contributed by atoms with E-state index in [-0.39, 0.29) is 5.91 Å². The number of nitrogens with zero attached hydrogens (tertiary/aromatic N) is 4. The van der Waals surface area contributed by atoms with E-state index in [0.717, 1.165) is 10.4 Å². The fourth-order valence-corrected chi connectivity index (χ4v) is 3.09. The summed E-state index contributed by atoms with van der Waals surface area (Å²) < 4.78 is 7.17. The van der Waals surface area contributed by atoms with Crippen molar-refractivity contribution in [3.05, 3.63) is 77.5 Å². The lowest BCUT2D eigenvalue weighted by Crippen LogP contribution is -2.22. The van der Waals surface area contributed by atoms with Gasteiger partial charge >= 0.3 is 0 Å². The first-order valence-electron chi connectivity index (χ1n) is 7.96. The molecule has 1 aromatic carbocycles. The monoisotopic (exact) mass is 365 g/mol. The molecule has 26 heavy (non-hydrogen) atoms. The molecular weight excluding hydrogens is 350 g/mol. The third kappa shape index (κ3) is 3.70. The van der Waals surface area contributed by atoms with Crippen LogP contribution < -0.4 is 5.32 Å². The molecule has 7 nitrogen and oxygen atoms in total. The Balaban J connectivity index is 1.34. The third-order valence-electron chi connectivity index (χ3n) is 3.74. The predicted molar refractivity (Wildman–Crippen MR) is 96.6 cm³/mol. The van der Waals surface area contributed by atoms with Gasteiger partial charge in [-0.3, -0.25) is 4.79 Å². The summed E-state index contributed by atoms with van der Waals surface area (Å²) in [6.07, 6.45) is 4.72. The summed E-state index contributed by atoms with van der Waals surface area (Å²) in [5.41, 5.74) is 2.32. The highest BCUT2D eigenvalue weighted by atomic mass is 32.1. The summed E-state index contributed by atoms with van der Waals surface area (Å²) in [6, 6.07) is 11.3. The number of carbonyl (C=O) groups excluding carboxylic acids is 1. The summed E-state index contributed by atoms with van der Waals surface area (Å²) in [7, 11) is 0. The molecule has 0 saturated carbocycles. The van der Waals surface area contributed by atoms with Crippen molar-refractivity contribution >= 4 is 17.2 Å². The number of rotatable bonds is 6. The van der Waals surface area contributed by atoms with E-state index in [1.54, 1.807) is 40.7 Å². The van der Waals surface area contributed by atoms with Crippen molar-refractivity contribution in [1.82, 2.24) is 25.1 Å². The van der Waals surface area contributed by atoms with Crippen LogP contribution in [0.5, 0.6) is 0 Å². The lowest BCUT2D eigenvalue weighted by molar-refractivity contribution is 0.0950. The molecule has 0 aliphatic rings. The van der Waals surface area contributed by atoms with Crippen molar-refractivity contribution in [2.45, 2.75) is 13.1 Å². The van der Waals surface area contributed by atoms with Crippen molar-refractivity contribution < 1.29 is 9.21 Å². The highest BCUT2D eigenvalue weighted by molar-refractivity contribution is 7.13. The van der Waals surface area contributed by atoms with Gasteiger partial charge in [0, 0.05) is 5.56 Å². The average molecular weight is 365 g/mol. The Labute approximate surface area is 153 Å². The Hall–Kier alpha value is -3.26. The van der Waals surface area contributed by atoms with Crippen LogP contribution in [0, 0.1) is 0 Å². The number of amides is 1. The molecule has 4 aromatic rings. The Morgan fingerprint density at radius 3 is 2.85 bits per heavy atom. The summed E-state index contributed by atoms with van der Waals surface area (Å²) in [5.74, 6) is 0.416. The topological polar surface area (TPSA) is 85.8 Å². The average Bonchev–Trinajstić information content (AvgIpc) is 3.41. The number of hydrogen-bond donors (Lipinski definition) is 1. The van der Waals surface area contributed by atoms with Crippen molar-refractivity contribution in [3.63, 3.8) is 0 Å². The quantitative estimate of drug-likeness (QED) is 0.568. The van der Waals surface area contributed by atoms with Crippen LogP contribution in [0.25, 0.3) is 10.8 Å². The van der Waals surface area contributed by atoms with Crippen molar-refractivity contribution in [2.24, 2.45) is 0 Å². The predicted octanol–water partition coefficient (Wildman–Crippen LogP) is 2.97. The maximum atomic E-state index is 12.3.